The largest absolute Gasteiger partial charge is 0.444 e. The highest BCUT2D eigenvalue weighted by Gasteiger charge is 2.22. The average Bonchev–Trinajstić information content (AvgIpc) is 3.36. The predicted molar refractivity (Wildman–Crippen MR) is 173 cm³/mol. The van der Waals surface area contributed by atoms with E-state index in [1.807, 2.05) is 20.8 Å². The molecule has 16 heteroatoms. The van der Waals surface area contributed by atoms with Gasteiger partial charge < -0.3 is 57.0 Å². The molecule has 0 fully saturated rings. The smallest absolute Gasteiger partial charge is 0.410 e. The minimum absolute atomic E-state index is 0.236. The quantitative estimate of drug-likeness (QED) is 0.0706. The van der Waals surface area contributed by atoms with Gasteiger partial charge in [0.25, 0.3) is 11.8 Å². The van der Waals surface area contributed by atoms with Crippen molar-refractivity contribution in [1.82, 2.24) is 9.80 Å². The lowest BCUT2D eigenvalue weighted by atomic mass is 10.2. The van der Waals surface area contributed by atoms with Crippen LogP contribution < -0.4 is 0 Å². The fourth-order valence-electron chi connectivity index (χ4n) is 3.52. The maximum Gasteiger partial charge on any atom is 0.410 e. The number of amides is 3. The van der Waals surface area contributed by atoms with Crippen molar-refractivity contribution in [2.24, 2.45) is 0 Å². The Kier molecular flexibility index (Phi) is 27.0. The highest BCUT2D eigenvalue weighted by molar-refractivity contribution is 6.12. The van der Waals surface area contributed by atoms with E-state index in [1.165, 1.54) is 17.1 Å². The van der Waals surface area contributed by atoms with Gasteiger partial charge >= 0.3 is 6.09 Å². The van der Waals surface area contributed by atoms with Gasteiger partial charge in [-0.3, -0.25) is 14.5 Å². The lowest BCUT2D eigenvalue weighted by Gasteiger charge is -2.24. The first kappa shape index (κ1) is 43.8. The van der Waals surface area contributed by atoms with Crippen molar-refractivity contribution in [3.05, 3.63) is 12.2 Å². The molecular weight excluding hydrogens is 636 g/mol. The van der Waals surface area contributed by atoms with Gasteiger partial charge in [0, 0.05) is 25.7 Å². The van der Waals surface area contributed by atoms with E-state index in [4.69, 9.17) is 52.1 Å². The van der Waals surface area contributed by atoms with Gasteiger partial charge in [-0.25, -0.2) is 4.79 Å². The molecular formula is C32H58N2O14. The Morgan fingerprint density at radius 3 is 1.08 bits per heavy atom. The van der Waals surface area contributed by atoms with E-state index < -0.39 is 5.60 Å². The Hall–Kier alpha value is -2.25. The molecule has 1 aliphatic heterocycles. The topological polar surface area (TPSA) is 159 Å². The van der Waals surface area contributed by atoms with E-state index in [0.29, 0.717) is 132 Å². The van der Waals surface area contributed by atoms with Gasteiger partial charge in [0.2, 0.25) is 0 Å². The summed E-state index contributed by atoms with van der Waals surface area (Å²) in [5.74, 6) is -0.620. The first-order valence-electron chi connectivity index (χ1n) is 16.5. The molecule has 0 aromatic heterocycles. The molecule has 0 N–H and O–H groups in total. The standard InChI is InChI=1S/C32H58N2O14/c1-32(2,3)48-31(37)33(4)7-9-38-11-13-40-15-17-42-19-21-44-23-25-46-27-28-47-26-24-45-22-20-43-18-16-41-14-12-39-10-8-34-29(35)5-6-30(34)36/h5-6H,7-28H2,1-4H3. The molecule has 0 saturated carbocycles. The average molecular weight is 695 g/mol. The number of rotatable bonds is 33. The molecule has 0 unspecified atom stereocenters. The van der Waals surface area contributed by atoms with E-state index >= 15 is 0 Å². The Bertz CT molecular complexity index is 837. The molecule has 1 rings (SSSR count). The predicted octanol–water partition coefficient (Wildman–Crippen LogP) is 0.944. The van der Waals surface area contributed by atoms with Gasteiger partial charge in [0.05, 0.1) is 139 Å². The summed E-state index contributed by atoms with van der Waals surface area (Å²) in [5, 5.41) is 0. The van der Waals surface area contributed by atoms with Crippen molar-refractivity contribution in [2.45, 2.75) is 26.4 Å². The number of hydrogen-bond acceptors (Lipinski definition) is 14. The van der Waals surface area contributed by atoms with Gasteiger partial charge in [-0.2, -0.15) is 0 Å². The molecule has 0 saturated heterocycles. The van der Waals surface area contributed by atoms with Crippen LogP contribution in [0.1, 0.15) is 20.8 Å². The van der Waals surface area contributed by atoms with Crippen LogP contribution in [0.25, 0.3) is 0 Å². The molecule has 0 aromatic rings. The summed E-state index contributed by atoms with van der Waals surface area (Å²) in [4.78, 5) is 37.3. The summed E-state index contributed by atoms with van der Waals surface area (Å²) >= 11 is 0. The minimum atomic E-state index is -0.515. The number of carbonyl (C=O) groups is 3. The molecule has 1 aliphatic rings. The van der Waals surface area contributed by atoms with E-state index in [9.17, 15) is 14.4 Å². The Morgan fingerprint density at radius 1 is 0.521 bits per heavy atom. The summed E-state index contributed by atoms with van der Waals surface area (Å²) in [5.41, 5.74) is -0.515. The summed E-state index contributed by atoms with van der Waals surface area (Å²) < 4.78 is 59.7. The molecule has 1 heterocycles. The zero-order chi connectivity index (χ0) is 35.1. The van der Waals surface area contributed by atoms with Crippen LogP contribution in [-0.4, -0.2) is 186 Å². The highest BCUT2D eigenvalue weighted by Crippen LogP contribution is 2.08. The summed E-state index contributed by atoms with van der Waals surface area (Å²) in [6, 6.07) is 0. The lowest BCUT2D eigenvalue weighted by molar-refractivity contribution is -0.137. The van der Waals surface area contributed by atoms with Crippen LogP contribution in [0.3, 0.4) is 0 Å². The van der Waals surface area contributed by atoms with Crippen LogP contribution in [0.5, 0.6) is 0 Å². The van der Waals surface area contributed by atoms with Crippen molar-refractivity contribution in [3.8, 4) is 0 Å². The zero-order valence-corrected chi connectivity index (χ0v) is 29.3. The molecule has 3 amide bonds. The third-order valence-electron chi connectivity index (χ3n) is 5.98. The summed E-state index contributed by atoms with van der Waals surface area (Å²) in [7, 11) is 1.68. The molecule has 280 valence electrons. The number of likely N-dealkylation sites (N-methyl/N-ethyl adjacent to an activating group) is 1. The van der Waals surface area contributed by atoms with Crippen molar-refractivity contribution in [1.29, 1.82) is 0 Å². The second-order valence-electron chi connectivity index (χ2n) is 11.2. The Balaban J connectivity index is 1.66. The zero-order valence-electron chi connectivity index (χ0n) is 29.3. The van der Waals surface area contributed by atoms with Crippen LogP contribution in [0.2, 0.25) is 0 Å². The maximum absolute atomic E-state index is 11.9. The van der Waals surface area contributed by atoms with Crippen LogP contribution in [0.4, 0.5) is 4.79 Å². The van der Waals surface area contributed by atoms with E-state index in [-0.39, 0.29) is 31.1 Å². The van der Waals surface area contributed by atoms with Crippen molar-refractivity contribution in [2.75, 3.05) is 152 Å². The van der Waals surface area contributed by atoms with Gasteiger partial charge in [0.15, 0.2) is 0 Å². The second-order valence-corrected chi connectivity index (χ2v) is 11.2. The van der Waals surface area contributed by atoms with Gasteiger partial charge in [-0.05, 0) is 20.8 Å². The second kappa shape index (κ2) is 29.6. The Labute approximate surface area is 285 Å². The summed E-state index contributed by atoms with van der Waals surface area (Å²) in [6.07, 6.45) is 2.13. The molecule has 16 nitrogen and oxygen atoms in total. The van der Waals surface area contributed by atoms with Gasteiger partial charge in [-0.15, -0.1) is 0 Å². The minimum Gasteiger partial charge on any atom is -0.444 e. The van der Waals surface area contributed by atoms with Crippen molar-refractivity contribution >= 4 is 17.9 Å². The lowest BCUT2D eigenvalue weighted by Crippen LogP contribution is -2.36. The van der Waals surface area contributed by atoms with E-state index in [1.54, 1.807) is 7.05 Å². The normalized spacial score (nSPS) is 13.2. The summed E-state index contributed by atoms with van der Waals surface area (Å²) in [6.45, 7) is 15.1. The van der Waals surface area contributed by atoms with Crippen molar-refractivity contribution in [3.63, 3.8) is 0 Å². The number of carbonyl (C=O) groups excluding carboxylic acids is 3. The third kappa shape index (κ3) is 26.7. The van der Waals surface area contributed by atoms with Crippen LogP contribution in [0.15, 0.2) is 12.2 Å². The maximum atomic E-state index is 11.9. The molecule has 0 spiro atoms. The first-order valence-corrected chi connectivity index (χ1v) is 16.5. The number of nitrogens with zero attached hydrogens (tertiary/aromatic N) is 2. The molecule has 0 atom stereocenters. The Morgan fingerprint density at radius 2 is 0.792 bits per heavy atom. The molecule has 48 heavy (non-hydrogen) atoms. The van der Waals surface area contributed by atoms with Gasteiger partial charge in [-0.1, -0.05) is 0 Å². The van der Waals surface area contributed by atoms with E-state index in [2.05, 4.69) is 0 Å². The number of imide groups is 1. The fraction of sp³-hybridized carbons (Fsp3) is 0.844. The number of ether oxygens (including phenoxy) is 11. The molecule has 0 bridgehead atoms. The van der Waals surface area contributed by atoms with Crippen LogP contribution in [0, 0.1) is 0 Å². The fourth-order valence-corrected chi connectivity index (χ4v) is 3.52. The van der Waals surface area contributed by atoms with Crippen LogP contribution in [-0.2, 0) is 61.7 Å². The molecule has 0 aromatic carbocycles. The SMILES string of the molecule is CN(CCOCCOCCOCCOCCOCCOCCOCCOCCOCCOCCN1C(=O)C=CC1=O)C(=O)OC(C)(C)C. The van der Waals surface area contributed by atoms with Crippen LogP contribution >= 0.6 is 0 Å². The highest BCUT2D eigenvalue weighted by atomic mass is 16.6. The monoisotopic (exact) mass is 694 g/mol. The molecule has 0 aliphatic carbocycles. The van der Waals surface area contributed by atoms with Crippen molar-refractivity contribution < 1.29 is 66.5 Å². The number of hydrogen-bond donors (Lipinski definition) is 0. The first-order chi connectivity index (χ1) is 23.2. The molecule has 0 radical (unpaired) electrons. The van der Waals surface area contributed by atoms with E-state index in [0.717, 1.165) is 4.90 Å². The third-order valence-corrected chi connectivity index (χ3v) is 5.98. The van der Waals surface area contributed by atoms with Gasteiger partial charge in [0.1, 0.15) is 5.60 Å².